The minimum atomic E-state index is -0.980. The van der Waals surface area contributed by atoms with Crippen molar-refractivity contribution in [3.05, 3.63) is 11.1 Å². The van der Waals surface area contributed by atoms with Crippen molar-refractivity contribution in [1.29, 1.82) is 0 Å². The average Bonchev–Trinajstić information content (AvgIpc) is 3.16. The van der Waals surface area contributed by atoms with Crippen LogP contribution in [0.15, 0.2) is 11.1 Å². The van der Waals surface area contributed by atoms with Gasteiger partial charge in [-0.1, -0.05) is 27.7 Å². The normalized spacial score (nSPS) is 51.2. The highest BCUT2D eigenvalue weighted by Gasteiger charge is 2.72. The Bertz CT molecular complexity index is 995. The molecule has 0 spiro atoms. The number of aliphatic hydroxyl groups excluding tert-OH is 2. The number of allylic oxidation sites excluding steroid dienone is 1. The number of fused-ring (bicyclic) bond motifs is 4. The minimum absolute atomic E-state index is 0.0102. The summed E-state index contributed by atoms with van der Waals surface area (Å²) >= 11 is 0. The van der Waals surface area contributed by atoms with Crippen LogP contribution in [0.5, 0.6) is 0 Å². The summed E-state index contributed by atoms with van der Waals surface area (Å²) in [6.45, 7) is 12.0. The molecule has 1 unspecified atom stereocenters. The second kappa shape index (κ2) is 6.57. The number of hydrogen-bond acceptors (Lipinski definition) is 6. The summed E-state index contributed by atoms with van der Waals surface area (Å²) in [7, 11) is 0. The second-order valence-electron chi connectivity index (χ2n) is 13.0. The van der Waals surface area contributed by atoms with Crippen molar-refractivity contribution in [2.24, 2.45) is 33.5 Å². The van der Waals surface area contributed by atoms with E-state index >= 15 is 0 Å². The molecular formula is C27H38O6. The van der Waals surface area contributed by atoms with Gasteiger partial charge >= 0.3 is 5.97 Å². The van der Waals surface area contributed by atoms with Gasteiger partial charge in [0.25, 0.3) is 0 Å². The number of hydrogen-bond donors (Lipinski definition) is 2. The highest BCUT2D eigenvalue weighted by molar-refractivity contribution is 6.05. The molecular weight excluding hydrogens is 420 g/mol. The Kier molecular flexibility index (Phi) is 4.62. The van der Waals surface area contributed by atoms with Gasteiger partial charge in [-0.05, 0) is 67.3 Å². The number of ether oxygens (including phenoxy) is 1. The summed E-state index contributed by atoms with van der Waals surface area (Å²) < 4.78 is 5.77. The predicted octanol–water partition coefficient (Wildman–Crippen LogP) is 3.52. The molecule has 6 nitrogen and oxygen atoms in total. The van der Waals surface area contributed by atoms with Gasteiger partial charge in [0.1, 0.15) is 11.4 Å². The lowest BCUT2D eigenvalue weighted by atomic mass is 9.42. The zero-order valence-electron chi connectivity index (χ0n) is 20.8. The molecule has 6 heteroatoms. The molecule has 0 aromatic carbocycles. The van der Waals surface area contributed by atoms with E-state index in [0.717, 1.165) is 0 Å². The summed E-state index contributed by atoms with van der Waals surface area (Å²) in [5, 5.41) is 22.3. The summed E-state index contributed by atoms with van der Waals surface area (Å²) in [4.78, 5) is 39.9. The van der Waals surface area contributed by atoms with E-state index in [9.17, 15) is 24.6 Å². The van der Waals surface area contributed by atoms with E-state index in [1.807, 2.05) is 34.6 Å². The minimum Gasteiger partial charge on any atom is -0.459 e. The van der Waals surface area contributed by atoms with Gasteiger partial charge in [0.05, 0.1) is 17.6 Å². The first-order chi connectivity index (χ1) is 15.1. The van der Waals surface area contributed by atoms with Gasteiger partial charge < -0.3 is 14.9 Å². The Morgan fingerprint density at radius 2 is 1.61 bits per heavy atom. The fourth-order valence-electron chi connectivity index (χ4n) is 9.08. The SMILES string of the molecule is CC1(C)C2C[C@@H](O)C3=C(C(=O)C[C@@]4(C)[C@H]([C@]5(C)CCC(=O)O5)CC(=O)[C@]34C)[C@]2(C)CC[C@H]1O. The third kappa shape index (κ3) is 2.60. The lowest BCUT2D eigenvalue weighted by Gasteiger charge is -2.61. The standard InChI is InChI=1S/C27H38O6/c1-23(2)16-11-14(28)22-21(24(16,3)9-7-18(23)30)15(29)13-25(4)17(12-19(31)27(22,25)6)26(5)10-8-20(32)33-26/h14,16-18,28,30H,7-13H2,1-6H3/t14-,16?,17-,18-,24-,25+,26+,27-/m1/s1. The number of rotatable bonds is 1. The Hall–Kier alpha value is -1.53. The number of carbonyl (C=O) groups is 3. The second-order valence-corrected chi connectivity index (χ2v) is 13.0. The lowest BCUT2D eigenvalue weighted by molar-refractivity contribution is -0.159. The molecule has 0 aromatic rings. The molecule has 182 valence electrons. The number of esters is 1. The van der Waals surface area contributed by atoms with Crippen molar-refractivity contribution in [3.8, 4) is 0 Å². The first kappa shape index (κ1) is 23.2. The van der Waals surface area contributed by atoms with E-state index in [-0.39, 0.29) is 42.2 Å². The third-order valence-electron chi connectivity index (χ3n) is 11.2. The summed E-state index contributed by atoms with van der Waals surface area (Å²) in [6.07, 6.45) is 1.64. The van der Waals surface area contributed by atoms with Gasteiger partial charge in [-0.15, -0.1) is 0 Å². The monoisotopic (exact) mass is 458 g/mol. The van der Waals surface area contributed by atoms with Crippen LogP contribution >= 0.6 is 0 Å². The van der Waals surface area contributed by atoms with Crippen molar-refractivity contribution in [2.75, 3.05) is 0 Å². The average molecular weight is 459 g/mol. The first-order valence-corrected chi connectivity index (χ1v) is 12.5. The molecule has 4 aliphatic carbocycles. The van der Waals surface area contributed by atoms with Crippen LogP contribution in [0, 0.1) is 33.5 Å². The van der Waals surface area contributed by atoms with E-state index in [2.05, 4.69) is 6.92 Å². The molecule has 8 atom stereocenters. The molecule has 1 heterocycles. The maximum atomic E-state index is 14.0. The van der Waals surface area contributed by atoms with E-state index in [1.54, 1.807) is 0 Å². The highest BCUT2D eigenvalue weighted by atomic mass is 16.6. The summed E-state index contributed by atoms with van der Waals surface area (Å²) in [6, 6.07) is 0. The molecule has 5 aliphatic rings. The number of aliphatic hydroxyl groups is 2. The molecule has 3 fully saturated rings. The van der Waals surface area contributed by atoms with Crippen molar-refractivity contribution < 1.29 is 29.3 Å². The molecule has 5 rings (SSSR count). The van der Waals surface area contributed by atoms with Crippen molar-refractivity contribution >= 4 is 17.5 Å². The number of Topliss-reactive ketones (excluding diaryl/α,β-unsaturated/α-hetero) is 2. The van der Waals surface area contributed by atoms with Gasteiger partial charge in [-0.2, -0.15) is 0 Å². The Morgan fingerprint density at radius 3 is 2.21 bits per heavy atom. The van der Waals surface area contributed by atoms with E-state index in [1.165, 1.54) is 0 Å². The van der Waals surface area contributed by atoms with Crippen molar-refractivity contribution in [2.45, 2.75) is 104 Å². The first-order valence-electron chi connectivity index (χ1n) is 12.5. The summed E-state index contributed by atoms with van der Waals surface area (Å²) in [5.74, 6) is -0.527. The van der Waals surface area contributed by atoms with Crippen molar-refractivity contribution in [1.82, 2.24) is 0 Å². The van der Waals surface area contributed by atoms with Crippen LogP contribution in [0.1, 0.15) is 86.5 Å². The van der Waals surface area contributed by atoms with E-state index in [4.69, 9.17) is 4.74 Å². The summed E-state index contributed by atoms with van der Waals surface area (Å²) in [5.41, 5.74) is -2.15. The van der Waals surface area contributed by atoms with Crippen LogP contribution in [0.25, 0.3) is 0 Å². The van der Waals surface area contributed by atoms with Crippen LogP contribution in [0.2, 0.25) is 0 Å². The maximum Gasteiger partial charge on any atom is 0.306 e. The molecule has 0 bridgehead atoms. The molecule has 0 amide bonds. The molecule has 2 saturated carbocycles. The van der Waals surface area contributed by atoms with Gasteiger partial charge in [0, 0.05) is 30.8 Å². The molecule has 33 heavy (non-hydrogen) atoms. The Balaban J connectivity index is 1.69. The fourth-order valence-corrected chi connectivity index (χ4v) is 9.08. The van der Waals surface area contributed by atoms with E-state index in [0.29, 0.717) is 43.3 Å². The predicted molar refractivity (Wildman–Crippen MR) is 121 cm³/mol. The quantitative estimate of drug-likeness (QED) is 0.583. The largest absolute Gasteiger partial charge is 0.459 e. The van der Waals surface area contributed by atoms with Crippen LogP contribution in [-0.4, -0.2) is 45.6 Å². The number of ketones is 2. The van der Waals surface area contributed by atoms with E-state index < -0.39 is 39.5 Å². The Morgan fingerprint density at radius 1 is 0.939 bits per heavy atom. The lowest BCUT2D eigenvalue weighted by Crippen LogP contribution is -2.61. The van der Waals surface area contributed by atoms with Gasteiger partial charge in [-0.3, -0.25) is 14.4 Å². The molecule has 1 aliphatic heterocycles. The van der Waals surface area contributed by atoms with Crippen LogP contribution in [0.4, 0.5) is 0 Å². The van der Waals surface area contributed by atoms with Crippen molar-refractivity contribution in [3.63, 3.8) is 0 Å². The van der Waals surface area contributed by atoms with Crippen LogP contribution in [-0.2, 0) is 19.1 Å². The molecule has 0 aromatic heterocycles. The molecule has 2 N–H and O–H groups in total. The Labute approximate surface area is 196 Å². The van der Waals surface area contributed by atoms with Crippen LogP contribution < -0.4 is 0 Å². The maximum absolute atomic E-state index is 14.0. The topological polar surface area (TPSA) is 101 Å². The number of carbonyl (C=O) groups excluding carboxylic acids is 3. The zero-order chi connectivity index (χ0) is 24.4. The number of cyclic esters (lactones) is 1. The fraction of sp³-hybridized carbons (Fsp3) is 0.815. The van der Waals surface area contributed by atoms with Crippen LogP contribution in [0.3, 0.4) is 0 Å². The van der Waals surface area contributed by atoms with Gasteiger partial charge in [0.15, 0.2) is 5.78 Å². The molecule has 0 radical (unpaired) electrons. The third-order valence-corrected chi connectivity index (χ3v) is 11.2. The zero-order valence-corrected chi connectivity index (χ0v) is 20.8. The molecule has 1 saturated heterocycles. The van der Waals surface area contributed by atoms with Gasteiger partial charge in [-0.25, -0.2) is 0 Å². The smallest absolute Gasteiger partial charge is 0.306 e. The van der Waals surface area contributed by atoms with Gasteiger partial charge in [0.2, 0.25) is 0 Å². The highest BCUT2D eigenvalue weighted by Crippen LogP contribution is 2.71.